The molecule has 3 aromatic rings. The van der Waals surface area contributed by atoms with Gasteiger partial charge in [-0.3, -0.25) is 10.1 Å². The lowest BCUT2D eigenvalue weighted by Gasteiger charge is -2.25. The van der Waals surface area contributed by atoms with Gasteiger partial charge in [0.2, 0.25) is 5.91 Å². The lowest BCUT2D eigenvalue weighted by Crippen LogP contribution is -2.22. The second kappa shape index (κ2) is 12.8. The SMILES string of the molecule is C[C@@H](CC/C=C/C(=O)Nc1ccccc1N)[C@@H](OC(=O)Nc1ccccc1)c1cc(I)ccc1O. The fraction of sp³-hybridized carbons (Fsp3) is 0.185. The monoisotopic (exact) mass is 585 g/mol. The van der Waals surface area contributed by atoms with Crippen molar-refractivity contribution < 1.29 is 19.4 Å². The molecule has 0 aromatic heterocycles. The Balaban J connectivity index is 1.64. The van der Waals surface area contributed by atoms with Gasteiger partial charge in [0.15, 0.2) is 0 Å². The molecule has 0 fully saturated rings. The van der Waals surface area contributed by atoms with Crippen molar-refractivity contribution in [3.8, 4) is 5.75 Å². The highest BCUT2D eigenvalue weighted by Gasteiger charge is 2.26. The fourth-order valence-electron chi connectivity index (χ4n) is 3.51. The first-order valence-electron chi connectivity index (χ1n) is 11.2. The molecule has 0 aliphatic rings. The van der Waals surface area contributed by atoms with Crippen molar-refractivity contribution in [1.82, 2.24) is 0 Å². The van der Waals surface area contributed by atoms with Gasteiger partial charge in [-0.15, -0.1) is 0 Å². The predicted molar refractivity (Wildman–Crippen MR) is 147 cm³/mol. The summed E-state index contributed by atoms with van der Waals surface area (Å²) in [6.45, 7) is 1.94. The van der Waals surface area contributed by atoms with Crippen molar-refractivity contribution in [2.24, 2.45) is 5.92 Å². The molecule has 8 heteroatoms. The van der Waals surface area contributed by atoms with Crippen LogP contribution in [0.3, 0.4) is 0 Å². The smallest absolute Gasteiger partial charge is 0.412 e. The van der Waals surface area contributed by atoms with Crippen LogP contribution in [0.4, 0.5) is 21.9 Å². The molecule has 182 valence electrons. The molecular weight excluding hydrogens is 557 g/mol. The molecule has 0 saturated heterocycles. The molecule has 0 radical (unpaired) electrons. The number of halogens is 1. The number of ether oxygens (including phenoxy) is 1. The number of hydrogen-bond donors (Lipinski definition) is 4. The maximum absolute atomic E-state index is 12.6. The quantitative estimate of drug-likeness (QED) is 0.130. The molecule has 3 rings (SSSR count). The number of phenolic OH excluding ortho intramolecular Hbond substituents is 1. The number of rotatable bonds is 9. The molecule has 2 amide bonds. The summed E-state index contributed by atoms with van der Waals surface area (Å²) in [7, 11) is 0. The molecule has 0 saturated carbocycles. The first-order chi connectivity index (χ1) is 16.8. The third kappa shape index (κ3) is 8.03. The number of nitrogens with one attached hydrogen (secondary N) is 2. The third-order valence-corrected chi connectivity index (χ3v) is 6.01. The van der Waals surface area contributed by atoms with Gasteiger partial charge in [-0.2, -0.15) is 0 Å². The number of carbonyl (C=O) groups excluding carboxylic acids is 2. The first-order valence-corrected chi connectivity index (χ1v) is 12.2. The Morgan fingerprint density at radius 3 is 2.51 bits per heavy atom. The molecule has 35 heavy (non-hydrogen) atoms. The number of hydrogen-bond acceptors (Lipinski definition) is 5. The van der Waals surface area contributed by atoms with E-state index in [1.54, 1.807) is 60.7 Å². The lowest BCUT2D eigenvalue weighted by atomic mass is 9.92. The van der Waals surface area contributed by atoms with Crippen LogP contribution >= 0.6 is 22.6 Å². The molecule has 0 spiro atoms. The average molecular weight is 585 g/mol. The summed E-state index contributed by atoms with van der Waals surface area (Å²) < 4.78 is 6.69. The number of para-hydroxylation sites is 3. The van der Waals surface area contributed by atoms with Crippen LogP contribution in [0.25, 0.3) is 0 Å². The Morgan fingerprint density at radius 2 is 1.77 bits per heavy atom. The zero-order valence-electron chi connectivity index (χ0n) is 19.3. The Hall–Kier alpha value is -3.53. The maximum Gasteiger partial charge on any atom is 0.412 e. The molecule has 0 aliphatic carbocycles. The van der Waals surface area contributed by atoms with Crippen LogP contribution < -0.4 is 16.4 Å². The summed E-state index contributed by atoms with van der Waals surface area (Å²) in [6, 6.07) is 21.2. The van der Waals surface area contributed by atoms with Crippen LogP contribution in [0.2, 0.25) is 0 Å². The zero-order chi connectivity index (χ0) is 25.2. The highest BCUT2D eigenvalue weighted by molar-refractivity contribution is 14.1. The summed E-state index contributed by atoms with van der Waals surface area (Å²) in [5.74, 6) is -0.357. The fourth-order valence-corrected chi connectivity index (χ4v) is 4.02. The minimum Gasteiger partial charge on any atom is -0.508 e. The maximum atomic E-state index is 12.6. The Labute approximate surface area is 218 Å². The molecule has 0 bridgehead atoms. The highest BCUT2D eigenvalue weighted by Crippen LogP contribution is 2.36. The van der Waals surface area contributed by atoms with Crippen LogP contribution in [0.15, 0.2) is 84.9 Å². The lowest BCUT2D eigenvalue weighted by molar-refractivity contribution is -0.111. The Bertz CT molecular complexity index is 1180. The molecule has 0 unspecified atom stereocenters. The van der Waals surface area contributed by atoms with Gasteiger partial charge in [-0.25, -0.2) is 4.79 Å². The number of benzene rings is 3. The minimum absolute atomic E-state index is 0.0603. The summed E-state index contributed by atoms with van der Waals surface area (Å²) in [5.41, 5.74) is 8.06. The Kier molecular flexibility index (Phi) is 9.54. The van der Waals surface area contributed by atoms with Crippen molar-refractivity contribution in [3.05, 3.63) is 94.1 Å². The number of nitrogens with two attached hydrogens (primary N) is 1. The van der Waals surface area contributed by atoms with Gasteiger partial charge in [0.05, 0.1) is 11.4 Å². The zero-order valence-corrected chi connectivity index (χ0v) is 21.4. The predicted octanol–water partition coefficient (Wildman–Crippen LogP) is 6.48. The number of allylic oxidation sites excluding steroid dienone is 1. The van der Waals surface area contributed by atoms with Crippen molar-refractivity contribution in [2.75, 3.05) is 16.4 Å². The van der Waals surface area contributed by atoms with E-state index >= 15 is 0 Å². The molecule has 2 atom stereocenters. The molecule has 0 aliphatic heterocycles. The topological polar surface area (TPSA) is 114 Å². The van der Waals surface area contributed by atoms with E-state index in [1.165, 1.54) is 6.08 Å². The van der Waals surface area contributed by atoms with E-state index in [2.05, 4.69) is 33.2 Å². The van der Waals surface area contributed by atoms with Crippen LogP contribution in [0.1, 0.15) is 31.4 Å². The van der Waals surface area contributed by atoms with Gasteiger partial charge < -0.3 is 20.9 Å². The van der Waals surface area contributed by atoms with Crippen LogP contribution in [-0.2, 0) is 9.53 Å². The van der Waals surface area contributed by atoms with E-state index in [0.717, 1.165) is 3.57 Å². The molecule has 7 nitrogen and oxygen atoms in total. The summed E-state index contributed by atoms with van der Waals surface area (Å²) in [6.07, 6.45) is 3.12. The van der Waals surface area contributed by atoms with Gasteiger partial charge in [-0.05, 0) is 89.9 Å². The average Bonchev–Trinajstić information content (AvgIpc) is 2.84. The number of amides is 2. The van der Waals surface area contributed by atoms with Crippen molar-refractivity contribution in [2.45, 2.75) is 25.9 Å². The normalized spacial score (nSPS) is 12.6. The van der Waals surface area contributed by atoms with Crippen LogP contribution in [-0.4, -0.2) is 17.1 Å². The van der Waals surface area contributed by atoms with E-state index in [0.29, 0.717) is 35.5 Å². The first kappa shape index (κ1) is 26.1. The highest BCUT2D eigenvalue weighted by atomic mass is 127. The summed E-state index contributed by atoms with van der Waals surface area (Å²) in [4.78, 5) is 24.8. The summed E-state index contributed by atoms with van der Waals surface area (Å²) in [5, 5.41) is 15.9. The van der Waals surface area contributed by atoms with Crippen molar-refractivity contribution in [3.63, 3.8) is 0 Å². The van der Waals surface area contributed by atoms with E-state index in [4.69, 9.17) is 10.5 Å². The van der Waals surface area contributed by atoms with E-state index < -0.39 is 12.2 Å². The number of phenols is 1. The van der Waals surface area contributed by atoms with E-state index in [1.807, 2.05) is 25.1 Å². The van der Waals surface area contributed by atoms with Gasteiger partial charge in [-0.1, -0.05) is 43.3 Å². The second-order valence-corrected chi connectivity index (χ2v) is 9.30. The van der Waals surface area contributed by atoms with Gasteiger partial charge >= 0.3 is 6.09 Å². The van der Waals surface area contributed by atoms with Crippen LogP contribution in [0.5, 0.6) is 5.75 Å². The standard InChI is InChI=1S/C27H28IN3O4/c1-18(9-5-8-14-25(33)31-23-13-7-6-12-22(23)29)26(21-17-19(28)15-16-24(21)32)35-27(34)30-20-10-3-2-4-11-20/h2-4,6-8,10-18,26,32H,5,9,29H2,1H3,(H,30,34)(H,31,33)/b14-8+/t18-,26+/m0/s1. The Morgan fingerprint density at radius 1 is 1.06 bits per heavy atom. The van der Waals surface area contributed by atoms with Gasteiger partial charge in [0.25, 0.3) is 0 Å². The van der Waals surface area contributed by atoms with Crippen molar-refractivity contribution >= 4 is 51.7 Å². The number of carbonyl (C=O) groups is 2. The second-order valence-electron chi connectivity index (χ2n) is 8.05. The van der Waals surface area contributed by atoms with Crippen LogP contribution in [0, 0.1) is 9.49 Å². The van der Waals surface area contributed by atoms with Crippen molar-refractivity contribution in [1.29, 1.82) is 0 Å². The van der Waals surface area contributed by atoms with Gasteiger partial charge in [0, 0.05) is 14.8 Å². The summed E-state index contributed by atoms with van der Waals surface area (Å²) >= 11 is 2.15. The largest absolute Gasteiger partial charge is 0.508 e. The number of anilines is 3. The third-order valence-electron chi connectivity index (χ3n) is 5.34. The molecule has 0 heterocycles. The number of aromatic hydroxyl groups is 1. The molecular formula is C27H28IN3O4. The van der Waals surface area contributed by atoms with E-state index in [-0.39, 0.29) is 17.6 Å². The molecule has 5 N–H and O–H groups in total. The van der Waals surface area contributed by atoms with E-state index in [9.17, 15) is 14.7 Å². The van der Waals surface area contributed by atoms with Gasteiger partial charge in [0.1, 0.15) is 11.9 Å². The minimum atomic E-state index is -0.681. The number of nitrogen functional groups attached to an aromatic ring is 1. The molecule has 3 aromatic carbocycles.